The van der Waals surface area contributed by atoms with E-state index in [9.17, 15) is 0 Å². The van der Waals surface area contributed by atoms with E-state index in [1.165, 1.54) is 0 Å². The van der Waals surface area contributed by atoms with Gasteiger partial charge in [-0.25, -0.2) is 10.0 Å². The Morgan fingerprint density at radius 3 is 1.02 bits per heavy atom. The van der Waals surface area contributed by atoms with Crippen LogP contribution in [0.2, 0.25) is 0 Å². The van der Waals surface area contributed by atoms with Crippen LogP contribution in [0.4, 0.5) is 22.7 Å². The molecule has 0 aliphatic carbocycles. The molecule has 50 heavy (non-hydrogen) atoms. The number of ether oxygens (including phenoxy) is 4. The molecule has 0 aromatic heterocycles. The van der Waals surface area contributed by atoms with Crippen molar-refractivity contribution in [2.24, 2.45) is 10.2 Å². The molecule has 6 aromatic rings. The highest BCUT2D eigenvalue weighted by molar-refractivity contribution is 5.82. The molecule has 0 N–H and O–H groups in total. The molecule has 2 atom stereocenters. The van der Waals surface area contributed by atoms with E-state index in [2.05, 4.69) is 0 Å². The predicted molar refractivity (Wildman–Crippen MR) is 199 cm³/mol. The topological polar surface area (TPSA) is 68.1 Å². The standard InChI is InChI=1S/C42H36N4O4/c1-5-13-35(14-6-1)45(36-15-7-2-8-16-36)43-31-33-21-25-39(26-22-33)49-41-42(48-30-29-47-41)50-40-27-23-34(24-28-40)32-44-46(37-17-9-3-10-18-37)38-19-11-4-12-20-38/h1-28,31-32,41-42H,29-30H2/b43-31+,44-32+. The lowest BCUT2D eigenvalue weighted by atomic mass is 10.2. The summed E-state index contributed by atoms with van der Waals surface area (Å²) in [6.45, 7) is 0.803. The monoisotopic (exact) mass is 660 g/mol. The van der Waals surface area contributed by atoms with E-state index in [0.29, 0.717) is 24.7 Å². The quantitative estimate of drug-likeness (QED) is 0.0963. The van der Waals surface area contributed by atoms with Gasteiger partial charge in [0.1, 0.15) is 11.5 Å². The molecule has 0 radical (unpaired) electrons. The van der Waals surface area contributed by atoms with E-state index in [0.717, 1.165) is 33.9 Å². The van der Waals surface area contributed by atoms with Gasteiger partial charge in [-0.15, -0.1) is 0 Å². The average Bonchev–Trinajstić information content (AvgIpc) is 3.19. The highest BCUT2D eigenvalue weighted by Gasteiger charge is 2.31. The average molecular weight is 661 g/mol. The smallest absolute Gasteiger partial charge is 0.263 e. The molecule has 1 aliphatic rings. The van der Waals surface area contributed by atoms with Crippen LogP contribution in [-0.4, -0.2) is 38.2 Å². The summed E-state index contributed by atoms with van der Waals surface area (Å²) in [4.78, 5) is 0. The van der Waals surface area contributed by atoms with E-state index in [-0.39, 0.29) is 0 Å². The van der Waals surface area contributed by atoms with Gasteiger partial charge in [0.25, 0.3) is 12.6 Å². The lowest BCUT2D eigenvalue weighted by molar-refractivity contribution is -0.271. The Labute approximate surface area is 292 Å². The van der Waals surface area contributed by atoms with Crippen LogP contribution in [0, 0.1) is 0 Å². The first-order valence-corrected chi connectivity index (χ1v) is 16.4. The minimum Gasteiger partial charge on any atom is -0.458 e. The molecule has 8 nitrogen and oxygen atoms in total. The molecule has 2 unspecified atom stereocenters. The number of hydrogen-bond acceptors (Lipinski definition) is 8. The largest absolute Gasteiger partial charge is 0.458 e. The molecule has 0 amide bonds. The lowest BCUT2D eigenvalue weighted by Crippen LogP contribution is -2.45. The second kappa shape index (κ2) is 16.3. The zero-order valence-corrected chi connectivity index (χ0v) is 27.3. The molecule has 7 rings (SSSR count). The summed E-state index contributed by atoms with van der Waals surface area (Å²) in [6, 6.07) is 55.5. The van der Waals surface area contributed by atoms with Crippen molar-refractivity contribution in [2.75, 3.05) is 23.2 Å². The van der Waals surface area contributed by atoms with Crippen LogP contribution in [-0.2, 0) is 9.47 Å². The van der Waals surface area contributed by atoms with Crippen LogP contribution < -0.4 is 19.5 Å². The Hall–Kier alpha value is -6.22. The molecule has 0 spiro atoms. The first kappa shape index (κ1) is 32.3. The van der Waals surface area contributed by atoms with Gasteiger partial charge in [-0.05, 0) is 108 Å². The summed E-state index contributed by atoms with van der Waals surface area (Å²) in [6.07, 6.45) is 2.15. The molecule has 1 fully saturated rings. The summed E-state index contributed by atoms with van der Waals surface area (Å²) in [5.74, 6) is 1.25. The Balaban J connectivity index is 0.986. The third-order valence-corrected chi connectivity index (χ3v) is 7.78. The van der Waals surface area contributed by atoms with Crippen molar-refractivity contribution in [1.82, 2.24) is 0 Å². The van der Waals surface area contributed by atoms with Crippen LogP contribution in [0.15, 0.2) is 180 Å². The van der Waals surface area contributed by atoms with Crippen LogP contribution in [0.5, 0.6) is 11.5 Å². The maximum atomic E-state index is 6.18. The van der Waals surface area contributed by atoms with Gasteiger partial charge in [0.2, 0.25) is 0 Å². The third-order valence-electron chi connectivity index (χ3n) is 7.78. The van der Waals surface area contributed by atoms with Crippen molar-refractivity contribution in [2.45, 2.75) is 12.6 Å². The summed E-state index contributed by atoms with van der Waals surface area (Å²) in [7, 11) is 0. The number of nitrogens with zero attached hydrogens (tertiary/aromatic N) is 4. The number of hydrazone groups is 2. The second-order valence-electron chi connectivity index (χ2n) is 11.3. The van der Waals surface area contributed by atoms with Crippen LogP contribution in [0.3, 0.4) is 0 Å². The van der Waals surface area contributed by atoms with Crippen molar-refractivity contribution < 1.29 is 18.9 Å². The zero-order valence-electron chi connectivity index (χ0n) is 27.3. The van der Waals surface area contributed by atoms with Gasteiger partial charge in [0, 0.05) is 0 Å². The Morgan fingerprint density at radius 2 is 0.720 bits per heavy atom. The van der Waals surface area contributed by atoms with Crippen molar-refractivity contribution in [3.8, 4) is 11.5 Å². The summed E-state index contributed by atoms with van der Waals surface area (Å²) >= 11 is 0. The molecular weight excluding hydrogens is 624 g/mol. The Bertz CT molecular complexity index is 1730. The fraction of sp³-hybridized carbons (Fsp3) is 0.0952. The molecule has 1 saturated heterocycles. The zero-order chi connectivity index (χ0) is 33.8. The molecule has 6 aromatic carbocycles. The van der Waals surface area contributed by atoms with Gasteiger partial charge in [-0.3, -0.25) is 0 Å². The minimum absolute atomic E-state index is 0.402. The van der Waals surface area contributed by atoms with Crippen molar-refractivity contribution >= 4 is 35.2 Å². The number of para-hydroxylation sites is 4. The number of benzene rings is 6. The SMILES string of the molecule is C(=N\N(c1ccccc1)c1ccccc1)/c1ccc(OC2OCCOC2Oc2ccc(/C=N/N(c3ccccc3)c3ccccc3)cc2)cc1. The highest BCUT2D eigenvalue weighted by Crippen LogP contribution is 2.27. The Morgan fingerprint density at radius 1 is 0.420 bits per heavy atom. The molecule has 1 heterocycles. The second-order valence-corrected chi connectivity index (χ2v) is 11.3. The van der Waals surface area contributed by atoms with E-state index in [4.69, 9.17) is 29.2 Å². The summed E-state index contributed by atoms with van der Waals surface area (Å²) < 4.78 is 24.2. The van der Waals surface area contributed by atoms with Gasteiger partial charge in [0.05, 0.1) is 48.4 Å². The minimum atomic E-state index is -0.749. The van der Waals surface area contributed by atoms with Crippen molar-refractivity contribution in [3.05, 3.63) is 181 Å². The fourth-order valence-corrected chi connectivity index (χ4v) is 5.29. The summed E-state index contributed by atoms with van der Waals surface area (Å²) in [5.41, 5.74) is 5.71. The van der Waals surface area contributed by atoms with Crippen molar-refractivity contribution in [1.29, 1.82) is 0 Å². The van der Waals surface area contributed by atoms with Gasteiger partial charge in [0.15, 0.2) is 0 Å². The van der Waals surface area contributed by atoms with Crippen LogP contribution in [0.25, 0.3) is 0 Å². The van der Waals surface area contributed by atoms with E-state index < -0.39 is 12.6 Å². The predicted octanol–water partition coefficient (Wildman–Crippen LogP) is 9.19. The lowest BCUT2D eigenvalue weighted by Gasteiger charge is -2.31. The van der Waals surface area contributed by atoms with E-state index in [1.54, 1.807) is 0 Å². The van der Waals surface area contributed by atoms with E-state index >= 15 is 0 Å². The number of rotatable bonds is 12. The van der Waals surface area contributed by atoms with Gasteiger partial charge >= 0.3 is 0 Å². The van der Waals surface area contributed by atoms with Gasteiger partial charge < -0.3 is 18.9 Å². The van der Waals surface area contributed by atoms with Crippen molar-refractivity contribution in [3.63, 3.8) is 0 Å². The van der Waals surface area contributed by atoms with Gasteiger partial charge in [-0.2, -0.15) is 10.2 Å². The normalized spacial score (nSPS) is 15.9. The molecular formula is C42H36N4O4. The fourth-order valence-electron chi connectivity index (χ4n) is 5.29. The molecule has 0 saturated carbocycles. The first-order chi connectivity index (χ1) is 24.8. The molecule has 8 heteroatoms. The first-order valence-electron chi connectivity index (χ1n) is 16.4. The highest BCUT2D eigenvalue weighted by atomic mass is 16.8. The number of anilines is 4. The number of hydrogen-bond donors (Lipinski definition) is 0. The Kier molecular flexibility index (Phi) is 10.5. The molecule has 248 valence electrons. The molecule has 1 aliphatic heterocycles. The van der Waals surface area contributed by atoms with Crippen LogP contribution in [0.1, 0.15) is 11.1 Å². The molecule has 0 bridgehead atoms. The van der Waals surface area contributed by atoms with E-state index in [1.807, 2.05) is 192 Å². The third kappa shape index (κ3) is 8.43. The summed E-state index contributed by atoms with van der Waals surface area (Å²) in [5, 5.41) is 13.4. The van der Waals surface area contributed by atoms with Gasteiger partial charge in [-0.1, -0.05) is 72.8 Å². The maximum Gasteiger partial charge on any atom is 0.263 e. The van der Waals surface area contributed by atoms with Crippen LogP contribution >= 0.6 is 0 Å². The maximum absolute atomic E-state index is 6.18.